The van der Waals surface area contributed by atoms with Crippen molar-refractivity contribution >= 4 is 11.9 Å². The Hall–Kier alpha value is -2.10. The smallest absolute Gasteiger partial charge is 0.335 e. The zero-order valence-corrected chi connectivity index (χ0v) is 9.36. The number of hydrogen-bond donors (Lipinski definition) is 0. The Morgan fingerprint density at radius 3 is 1.38 bits per heavy atom. The highest BCUT2D eigenvalue weighted by Crippen LogP contribution is 2.14. The first-order valence-corrected chi connectivity index (χ1v) is 4.60. The zero-order chi connectivity index (χ0) is 12.6. The van der Waals surface area contributed by atoms with E-state index in [1.165, 1.54) is 12.2 Å². The molecule has 0 fully saturated rings. The van der Waals surface area contributed by atoms with Gasteiger partial charge >= 0.3 is 11.9 Å². The Morgan fingerprint density at radius 2 is 1.19 bits per heavy atom. The molecule has 0 radical (unpaired) electrons. The first kappa shape index (κ1) is 13.9. The van der Waals surface area contributed by atoms with Gasteiger partial charge in [-0.1, -0.05) is 13.2 Å². The van der Waals surface area contributed by atoms with Crippen LogP contribution in [0.5, 0.6) is 0 Å². The molecule has 0 saturated carbocycles. The van der Waals surface area contributed by atoms with Crippen LogP contribution in [0.3, 0.4) is 0 Å². The molecule has 0 aliphatic heterocycles. The molecule has 0 heterocycles. The molecule has 0 aliphatic rings. The Labute approximate surface area is 94.5 Å². The lowest BCUT2D eigenvalue weighted by molar-refractivity contribution is -0.138. The molecule has 0 unspecified atom stereocenters. The molecular weight excluding hydrogens is 208 g/mol. The molecule has 0 saturated heterocycles. The molecule has 0 aromatic heterocycles. The lowest BCUT2D eigenvalue weighted by Gasteiger charge is -2.09. The van der Waals surface area contributed by atoms with Crippen LogP contribution in [0.1, 0.15) is 13.8 Å². The number of carbonyl (C=O) groups excluding carboxylic acids is 2. The third-order valence-electron chi connectivity index (χ3n) is 1.52. The fourth-order valence-corrected chi connectivity index (χ4v) is 0.803. The topological polar surface area (TPSA) is 52.6 Å². The average Bonchev–Trinajstić information content (AvgIpc) is 2.32. The second kappa shape index (κ2) is 7.23. The molecule has 4 nitrogen and oxygen atoms in total. The van der Waals surface area contributed by atoms with E-state index in [4.69, 9.17) is 9.47 Å². The predicted molar refractivity (Wildman–Crippen MR) is 60.1 cm³/mol. The molecule has 0 atom stereocenters. The van der Waals surface area contributed by atoms with Gasteiger partial charge in [0, 0.05) is 12.2 Å². The lowest BCUT2D eigenvalue weighted by Crippen LogP contribution is -2.08. The molecule has 0 aromatic carbocycles. The summed E-state index contributed by atoms with van der Waals surface area (Å²) < 4.78 is 9.74. The van der Waals surface area contributed by atoms with E-state index in [-0.39, 0.29) is 11.5 Å². The first-order chi connectivity index (χ1) is 7.58. The normalized spacial score (nSPS) is 11.6. The third kappa shape index (κ3) is 4.41. The summed E-state index contributed by atoms with van der Waals surface area (Å²) in [5.41, 5.74) is 0. The third-order valence-corrected chi connectivity index (χ3v) is 1.52. The number of carbonyl (C=O) groups is 2. The van der Waals surface area contributed by atoms with E-state index in [0.717, 1.165) is 12.2 Å². The number of allylic oxidation sites excluding steroid dienone is 2. The van der Waals surface area contributed by atoms with Gasteiger partial charge in [0.05, 0.1) is 0 Å². The van der Waals surface area contributed by atoms with Crippen LogP contribution in [0.2, 0.25) is 0 Å². The maximum absolute atomic E-state index is 11.0. The van der Waals surface area contributed by atoms with E-state index in [1.807, 2.05) is 0 Å². The molecular formula is C12H14O4. The summed E-state index contributed by atoms with van der Waals surface area (Å²) in [6.07, 6.45) is 5.05. The average molecular weight is 222 g/mol. The van der Waals surface area contributed by atoms with Crippen molar-refractivity contribution in [1.82, 2.24) is 0 Å². The van der Waals surface area contributed by atoms with E-state index < -0.39 is 11.9 Å². The number of esters is 2. The minimum absolute atomic E-state index is 0.155. The Morgan fingerprint density at radius 1 is 0.875 bits per heavy atom. The molecule has 0 amide bonds. The largest absolute Gasteiger partial charge is 0.420 e. The van der Waals surface area contributed by atoms with Crippen molar-refractivity contribution in [3.63, 3.8) is 0 Å². The van der Waals surface area contributed by atoms with Crippen molar-refractivity contribution in [2.24, 2.45) is 0 Å². The van der Waals surface area contributed by atoms with Crippen LogP contribution < -0.4 is 0 Å². The second-order valence-electron chi connectivity index (χ2n) is 2.56. The summed E-state index contributed by atoms with van der Waals surface area (Å²) in [6, 6.07) is 0. The summed E-state index contributed by atoms with van der Waals surface area (Å²) in [5.74, 6) is -0.936. The van der Waals surface area contributed by atoms with E-state index in [0.29, 0.717) is 0 Å². The van der Waals surface area contributed by atoms with E-state index in [1.54, 1.807) is 13.8 Å². The Balaban J connectivity index is 4.79. The highest BCUT2D eigenvalue weighted by atomic mass is 16.6. The molecule has 0 spiro atoms. The molecule has 86 valence electrons. The van der Waals surface area contributed by atoms with Crippen LogP contribution in [0.15, 0.2) is 49.0 Å². The monoisotopic (exact) mass is 222 g/mol. The molecule has 0 N–H and O–H groups in total. The van der Waals surface area contributed by atoms with Crippen molar-refractivity contribution in [2.75, 3.05) is 0 Å². The quantitative estimate of drug-likeness (QED) is 0.310. The number of ether oxygens (including phenoxy) is 2. The summed E-state index contributed by atoms with van der Waals surface area (Å²) in [5, 5.41) is 0. The van der Waals surface area contributed by atoms with Gasteiger partial charge in [0.25, 0.3) is 0 Å². The van der Waals surface area contributed by atoms with Gasteiger partial charge in [-0.25, -0.2) is 9.59 Å². The number of rotatable bonds is 5. The van der Waals surface area contributed by atoms with Crippen LogP contribution >= 0.6 is 0 Å². The predicted octanol–water partition coefficient (Wildman–Crippen LogP) is 2.25. The maximum atomic E-state index is 11.0. The van der Waals surface area contributed by atoms with Gasteiger partial charge in [-0.3, -0.25) is 0 Å². The highest BCUT2D eigenvalue weighted by Gasteiger charge is 2.12. The minimum Gasteiger partial charge on any atom is -0.420 e. The standard InChI is InChI=1S/C12H14O4/c1-5-9(15-11(13)7-3)10(6-2)16-12(14)8-4/h5-8H,3-4H2,1-2H3/b9-5+,10-6+. The van der Waals surface area contributed by atoms with Gasteiger partial charge < -0.3 is 9.47 Å². The van der Waals surface area contributed by atoms with Crippen LogP contribution in [0.4, 0.5) is 0 Å². The van der Waals surface area contributed by atoms with Crippen molar-refractivity contribution in [1.29, 1.82) is 0 Å². The van der Waals surface area contributed by atoms with Gasteiger partial charge in [0.15, 0.2) is 11.5 Å². The van der Waals surface area contributed by atoms with Gasteiger partial charge in [-0.05, 0) is 26.0 Å². The second-order valence-corrected chi connectivity index (χ2v) is 2.56. The summed E-state index contributed by atoms with van der Waals surface area (Å²) in [7, 11) is 0. The van der Waals surface area contributed by atoms with Gasteiger partial charge in [-0.15, -0.1) is 0 Å². The van der Waals surface area contributed by atoms with Gasteiger partial charge in [0.1, 0.15) is 0 Å². The van der Waals surface area contributed by atoms with Crippen LogP contribution in [-0.4, -0.2) is 11.9 Å². The Bertz CT molecular complexity index is 325. The Kier molecular flexibility index (Phi) is 6.28. The summed E-state index contributed by atoms with van der Waals surface area (Å²) in [4.78, 5) is 22.0. The molecule has 0 rings (SSSR count). The van der Waals surface area contributed by atoms with Crippen molar-refractivity contribution < 1.29 is 19.1 Å². The molecule has 0 aromatic rings. The first-order valence-electron chi connectivity index (χ1n) is 4.60. The molecule has 0 aliphatic carbocycles. The molecule has 16 heavy (non-hydrogen) atoms. The summed E-state index contributed by atoms with van der Waals surface area (Å²) >= 11 is 0. The maximum Gasteiger partial charge on any atom is 0.335 e. The van der Waals surface area contributed by atoms with Crippen molar-refractivity contribution in [3.8, 4) is 0 Å². The van der Waals surface area contributed by atoms with Gasteiger partial charge in [-0.2, -0.15) is 0 Å². The number of hydrogen-bond acceptors (Lipinski definition) is 4. The minimum atomic E-state index is -0.623. The molecule has 4 heteroatoms. The van der Waals surface area contributed by atoms with Crippen LogP contribution in [0, 0.1) is 0 Å². The summed E-state index contributed by atoms with van der Waals surface area (Å²) in [6.45, 7) is 9.83. The SMILES string of the molecule is C=CC(=O)OC(=C/C)/C(=C\C)OC(=O)C=C. The fraction of sp³-hybridized carbons (Fsp3) is 0.167. The van der Waals surface area contributed by atoms with E-state index in [2.05, 4.69) is 13.2 Å². The van der Waals surface area contributed by atoms with Crippen LogP contribution in [0.25, 0.3) is 0 Å². The van der Waals surface area contributed by atoms with Crippen LogP contribution in [-0.2, 0) is 19.1 Å². The highest BCUT2D eigenvalue weighted by molar-refractivity contribution is 5.84. The fourth-order valence-electron chi connectivity index (χ4n) is 0.803. The lowest BCUT2D eigenvalue weighted by atomic mass is 10.3. The van der Waals surface area contributed by atoms with Gasteiger partial charge in [0.2, 0.25) is 0 Å². The van der Waals surface area contributed by atoms with E-state index >= 15 is 0 Å². The zero-order valence-electron chi connectivity index (χ0n) is 9.36. The van der Waals surface area contributed by atoms with E-state index in [9.17, 15) is 9.59 Å². The van der Waals surface area contributed by atoms with Crippen molar-refractivity contribution in [3.05, 3.63) is 49.0 Å². The van der Waals surface area contributed by atoms with Crippen molar-refractivity contribution in [2.45, 2.75) is 13.8 Å². The molecule has 0 bridgehead atoms.